The van der Waals surface area contributed by atoms with Gasteiger partial charge in [0.15, 0.2) is 11.5 Å². The maximum atomic E-state index is 11.9. The third-order valence-corrected chi connectivity index (χ3v) is 4.13. The minimum absolute atomic E-state index is 0.0573. The van der Waals surface area contributed by atoms with E-state index < -0.39 is 24.0 Å². The summed E-state index contributed by atoms with van der Waals surface area (Å²) in [5, 5.41) is 22.9. The van der Waals surface area contributed by atoms with Crippen LogP contribution in [0.1, 0.15) is 37.7 Å². The van der Waals surface area contributed by atoms with Crippen LogP contribution in [0.2, 0.25) is 0 Å². The topological polar surface area (TPSA) is 134 Å². The first-order chi connectivity index (χ1) is 13.4. The molecule has 1 atom stereocenters. The zero-order chi connectivity index (χ0) is 20.9. The Morgan fingerprint density at radius 3 is 2.36 bits per heavy atom. The van der Waals surface area contributed by atoms with Crippen molar-refractivity contribution in [2.24, 2.45) is 0 Å². The lowest BCUT2D eigenvalue weighted by Gasteiger charge is -2.15. The predicted molar refractivity (Wildman–Crippen MR) is 102 cm³/mol. The highest BCUT2D eigenvalue weighted by atomic mass is 16.5. The molecule has 0 aliphatic carbocycles. The molecule has 0 aliphatic rings. The number of carboxylic acid groups (broad SMARTS) is 2. The van der Waals surface area contributed by atoms with Gasteiger partial charge in [0.25, 0.3) is 0 Å². The van der Waals surface area contributed by atoms with Crippen LogP contribution in [-0.4, -0.2) is 55.0 Å². The van der Waals surface area contributed by atoms with E-state index in [0.717, 1.165) is 5.56 Å². The summed E-state index contributed by atoms with van der Waals surface area (Å²) in [6.07, 6.45) is 2.45. The smallest absolute Gasteiger partial charge is 0.326 e. The summed E-state index contributed by atoms with van der Waals surface area (Å²) in [4.78, 5) is 33.7. The first-order valence-corrected chi connectivity index (χ1v) is 9.07. The Kier molecular flexibility index (Phi) is 10.2. The van der Waals surface area contributed by atoms with E-state index in [0.29, 0.717) is 43.7 Å². The maximum Gasteiger partial charge on any atom is 0.326 e. The molecule has 0 saturated carbocycles. The van der Waals surface area contributed by atoms with Crippen LogP contribution in [0.3, 0.4) is 0 Å². The third-order valence-electron chi connectivity index (χ3n) is 4.13. The van der Waals surface area contributed by atoms with Crippen molar-refractivity contribution in [3.8, 4) is 11.5 Å². The van der Waals surface area contributed by atoms with Crippen molar-refractivity contribution in [2.45, 2.75) is 44.6 Å². The number of rotatable bonds is 13. The van der Waals surface area contributed by atoms with Gasteiger partial charge in [0, 0.05) is 13.0 Å². The standard InChI is InChI=1S/C19H28N2O7/c1-27-15-9-8-13(12-16(15)28-2)10-11-20-19(26)21-14(18(24)25)6-4-3-5-7-17(22)23/h8-9,12,14H,3-7,10-11H2,1-2H3,(H,22,23)(H,24,25)(H2,20,21,26)/t14-/m0/s1. The predicted octanol–water partition coefficient (Wildman–Crippen LogP) is 2.03. The molecule has 0 fully saturated rings. The molecular weight excluding hydrogens is 368 g/mol. The van der Waals surface area contributed by atoms with Crippen molar-refractivity contribution >= 4 is 18.0 Å². The van der Waals surface area contributed by atoms with E-state index >= 15 is 0 Å². The van der Waals surface area contributed by atoms with Gasteiger partial charge >= 0.3 is 18.0 Å². The van der Waals surface area contributed by atoms with Gasteiger partial charge in [0.05, 0.1) is 14.2 Å². The number of nitrogens with one attached hydrogen (secondary N) is 2. The zero-order valence-electron chi connectivity index (χ0n) is 16.2. The van der Waals surface area contributed by atoms with E-state index in [1.807, 2.05) is 12.1 Å². The van der Waals surface area contributed by atoms with Crippen LogP contribution in [0.25, 0.3) is 0 Å². The lowest BCUT2D eigenvalue weighted by atomic mass is 10.1. The van der Waals surface area contributed by atoms with Crippen molar-refractivity contribution in [2.75, 3.05) is 20.8 Å². The molecule has 0 heterocycles. The van der Waals surface area contributed by atoms with Crippen molar-refractivity contribution in [1.29, 1.82) is 0 Å². The second-order valence-electron chi connectivity index (χ2n) is 6.22. The number of carbonyl (C=O) groups is 3. The number of unbranched alkanes of at least 4 members (excludes halogenated alkanes) is 2. The molecule has 1 aromatic carbocycles. The lowest BCUT2D eigenvalue weighted by Crippen LogP contribution is -2.46. The summed E-state index contributed by atoms with van der Waals surface area (Å²) < 4.78 is 10.4. The van der Waals surface area contributed by atoms with E-state index in [4.69, 9.17) is 14.6 Å². The van der Waals surface area contributed by atoms with Gasteiger partial charge < -0.3 is 30.3 Å². The largest absolute Gasteiger partial charge is 0.493 e. The van der Waals surface area contributed by atoms with Crippen molar-refractivity contribution in [3.63, 3.8) is 0 Å². The van der Waals surface area contributed by atoms with Gasteiger partial charge in [0.1, 0.15) is 6.04 Å². The fourth-order valence-corrected chi connectivity index (χ4v) is 2.62. The average molecular weight is 396 g/mol. The third kappa shape index (κ3) is 8.61. The molecule has 0 unspecified atom stereocenters. The van der Waals surface area contributed by atoms with Gasteiger partial charge in [-0.2, -0.15) is 0 Å². The van der Waals surface area contributed by atoms with E-state index in [-0.39, 0.29) is 12.8 Å². The number of carboxylic acids is 2. The summed E-state index contributed by atoms with van der Waals surface area (Å²) >= 11 is 0. The van der Waals surface area contributed by atoms with E-state index in [1.54, 1.807) is 20.3 Å². The Labute approximate surface area is 164 Å². The second kappa shape index (κ2) is 12.4. The van der Waals surface area contributed by atoms with Crippen LogP contribution in [0.5, 0.6) is 11.5 Å². The molecule has 0 aliphatic heterocycles. The lowest BCUT2D eigenvalue weighted by molar-refractivity contribution is -0.139. The van der Waals surface area contributed by atoms with Gasteiger partial charge in [-0.1, -0.05) is 18.9 Å². The molecule has 2 amide bonds. The molecule has 1 aromatic rings. The zero-order valence-corrected chi connectivity index (χ0v) is 16.2. The average Bonchev–Trinajstić information content (AvgIpc) is 2.66. The van der Waals surface area contributed by atoms with Crippen molar-refractivity contribution in [1.82, 2.24) is 10.6 Å². The summed E-state index contributed by atoms with van der Waals surface area (Å²) in [7, 11) is 3.09. The van der Waals surface area contributed by atoms with Crippen LogP contribution in [0.4, 0.5) is 4.79 Å². The van der Waals surface area contributed by atoms with Crippen LogP contribution in [0, 0.1) is 0 Å². The number of urea groups is 1. The number of ether oxygens (including phenoxy) is 2. The van der Waals surface area contributed by atoms with Crippen LogP contribution in [-0.2, 0) is 16.0 Å². The monoisotopic (exact) mass is 396 g/mol. The molecule has 0 radical (unpaired) electrons. The Bertz CT molecular complexity index is 664. The minimum Gasteiger partial charge on any atom is -0.493 e. The minimum atomic E-state index is -1.12. The number of methoxy groups -OCH3 is 2. The number of hydrogen-bond acceptors (Lipinski definition) is 5. The quantitative estimate of drug-likeness (QED) is 0.375. The highest BCUT2D eigenvalue weighted by molar-refractivity contribution is 5.82. The van der Waals surface area contributed by atoms with Crippen LogP contribution < -0.4 is 20.1 Å². The number of amides is 2. The molecule has 0 bridgehead atoms. The van der Waals surface area contributed by atoms with E-state index in [9.17, 15) is 19.5 Å². The summed E-state index contributed by atoms with van der Waals surface area (Å²) in [6.45, 7) is 0.326. The number of aliphatic carboxylic acids is 2. The molecular formula is C19H28N2O7. The van der Waals surface area contributed by atoms with Gasteiger partial charge in [-0.05, 0) is 37.0 Å². The SMILES string of the molecule is COc1ccc(CCNC(=O)N[C@@H](CCCCCC(=O)O)C(=O)O)cc1OC. The Hall–Kier alpha value is -2.97. The molecule has 1 rings (SSSR count). The maximum absolute atomic E-state index is 11.9. The second-order valence-corrected chi connectivity index (χ2v) is 6.22. The first-order valence-electron chi connectivity index (χ1n) is 9.07. The Balaban J connectivity index is 2.38. The highest BCUT2D eigenvalue weighted by Crippen LogP contribution is 2.27. The molecule has 0 aromatic heterocycles. The number of hydrogen-bond donors (Lipinski definition) is 4. The summed E-state index contributed by atoms with van der Waals surface area (Å²) in [5.41, 5.74) is 0.936. The van der Waals surface area contributed by atoms with Gasteiger partial charge in [-0.15, -0.1) is 0 Å². The van der Waals surface area contributed by atoms with Gasteiger partial charge in [-0.25, -0.2) is 9.59 Å². The molecule has 156 valence electrons. The van der Waals surface area contributed by atoms with Gasteiger partial charge in [0.2, 0.25) is 0 Å². The van der Waals surface area contributed by atoms with E-state index in [2.05, 4.69) is 10.6 Å². The molecule has 0 spiro atoms. The normalized spacial score (nSPS) is 11.4. The molecule has 4 N–H and O–H groups in total. The number of benzene rings is 1. The molecule has 9 nitrogen and oxygen atoms in total. The van der Waals surface area contributed by atoms with E-state index in [1.165, 1.54) is 0 Å². The van der Waals surface area contributed by atoms with Gasteiger partial charge in [-0.3, -0.25) is 4.79 Å². The Morgan fingerprint density at radius 2 is 1.75 bits per heavy atom. The molecule has 0 saturated heterocycles. The van der Waals surface area contributed by atoms with Crippen LogP contribution in [0.15, 0.2) is 18.2 Å². The fraction of sp³-hybridized carbons (Fsp3) is 0.526. The summed E-state index contributed by atoms with van der Waals surface area (Å²) in [6, 6.07) is 3.89. The molecule has 9 heteroatoms. The first kappa shape index (κ1) is 23.1. The number of carbonyl (C=O) groups excluding carboxylic acids is 1. The van der Waals surface area contributed by atoms with Crippen molar-refractivity contribution in [3.05, 3.63) is 23.8 Å². The van der Waals surface area contributed by atoms with Crippen molar-refractivity contribution < 1.29 is 34.1 Å². The fourth-order valence-electron chi connectivity index (χ4n) is 2.62. The van der Waals surface area contributed by atoms with Crippen LogP contribution >= 0.6 is 0 Å². The highest BCUT2D eigenvalue weighted by Gasteiger charge is 2.19. The Morgan fingerprint density at radius 1 is 1.04 bits per heavy atom. The summed E-state index contributed by atoms with van der Waals surface area (Å²) in [5.74, 6) is -0.780. The molecule has 28 heavy (non-hydrogen) atoms.